The number of hydrogen-bond acceptors (Lipinski definition) is 4. The molecule has 0 saturated carbocycles. The van der Waals surface area contributed by atoms with Crippen molar-refractivity contribution in [2.24, 2.45) is 0 Å². The minimum atomic E-state index is -1.81. The van der Waals surface area contributed by atoms with Crippen LogP contribution < -0.4 is 9.64 Å². The van der Waals surface area contributed by atoms with Crippen LogP contribution in [-0.2, 0) is 15.2 Å². The minimum absolute atomic E-state index is 0.227. The normalized spacial score (nSPS) is 18.3. The van der Waals surface area contributed by atoms with Crippen LogP contribution in [0, 0.1) is 13.8 Å². The van der Waals surface area contributed by atoms with E-state index in [9.17, 15) is 14.7 Å². The van der Waals surface area contributed by atoms with Crippen molar-refractivity contribution < 1.29 is 19.4 Å². The number of aryl methyl sites for hydroxylation is 2. The lowest BCUT2D eigenvalue weighted by molar-refractivity contribution is -0.141. The molecule has 1 N–H and O–H groups in total. The number of carbonyl (C=O) groups is 2. The fourth-order valence-electron chi connectivity index (χ4n) is 4.03. The number of Topliss-reactive ketones (excluding diaryl/α,β-unsaturated/α-hetero) is 1. The van der Waals surface area contributed by atoms with E-state index in [-0.39, 0.29) is 12.2 Å². The number of fused-ring (bicyclic) bond motifs is 1. The zero-order valence-electron chi connectivity index (χ0n) is 17.8. The van der Waals surface area contributed by atoms with Gasteiger partial charge in [0.25, 0.3) is 5.91 Å². The molecule has 0 radical (unpaired) electrons. The molecule has 2 aromatic carbocycles. The van der Waals surface area contributed by atoms with Crippen molar-refractivity contribution in [3.63, 3.8) is 0 Å². The molecule has 1 atom stereocenters. The Kier molecular flexibility index (Phi) is 5.80. The fourth-order valence-corrected chi connectivity index (χ4v) is 4.03. The zero-order chi connectivity index (χ0) is 21.3. The second-order valence-corrected chi connectivity index (χ2v) is 8.21. The number of nitrogens with zero attached hydrogens (tertiary/aromatic N) is 1. The lowest BCUT2D eigenvalue weighted by Gasteiger charge is -2.23. The highest BCUT2D eigenvalue weighted by Gasteiger charge is 2.50. The molecular weight excluding hydrogens is 366 g/mol. The summed E-state index contributed by atoms with van der Waals surface area (Å²) in [6, 6.07) is 11.6. The summed E-state index contributed by atoms with van der Waals surface area (Å²) < 4.78 is 6.05. The van der Waals surface area contributed by atoms with E-state index in [4.69, 9.17) is 4.74 Å². The highest BCUT2D eigenvalue weighted by atomic mass is 16.5. The molecule has 1 aliphatic heterocycles. The van der Waals surface area contributed by atoms with E-state index < -0.39 is 11.5 Å². The summed E-state index contributed by atoms with van der Waals surface area (Å²) in [4.78, 5) is 26.4. The van der Waals surface area contributed by atoms with Gasteiger partial charge in [-0.25, -0.2) is 0 Å². The van der Waals surface area contributed by atoms with Crippen molar-refractivity contribution in [2.75, 3.05) is 18.1 Å². The summed E-state index contributed by atoms with van der Waals surface area (Å²) >= 11 is 0. The Balaban J connectivity index is 1.85. The molecule has 3 rings (SSSR count). The van der Waals surface area contributed by atoms with Crippen LogP contribution in [0.4, 0.5) is 5.69 Å². The largest absolute Gasteiger partial charge is 0.491 e. The molecule has 1 heterocycles. The smallest absolute Gasteiger partial charge is 0.264 e. The van der Waals surface area contributed by atoms with Crippen LogP contribution in [0.1, 0.15) is 55.4 Å². The van der Waals surface area contributed by atoms with Crippen LogP contribution in [0.2, 0.25) is 0 Å². The molecular formula is C24H29NO4. The van der Waals surface area contributed by atoms with Gasteiger partial charge in [0.1, 0.15) is 18.1 Å². The third kappa shape index (κ3) is 3.92. The molecule has 0 aromatic heterocycles. The number of para-hydroxylation sites is 1. The molecule has 0 saturated heterocycles. The maximum atomic E-state index is 13.1. The summed E-state index contributed by atoms with van der Waals surface area (Å²) in [5, 5.41) is 11.1. The SMILES string of the molecule is CC(=O)CC1(O)C(=O)N(CCOc2cc(C)ccc2C(C)C)c2c(C)cccc21. The average molecular weight is 395 g/mol. The van der Waals surface area contributed by atoms with Crippen LogP contribution in [-0.4, -0.2) is 29.9 Å². The first-order valence-corrected chi connectivity index (χ1v) is 10.0. The number of anilines is 1. The van der Waals surface area contributed by atoms with E-state index in [0.29, 0.717) is 30.3 Å². The van der Waals surface area contributed by atoms with Gasteiger partial charge in [-0.2, -0.15) is 0 Å². The predicted octanol–water partition coefficient (Wildman–Crippen LogP) is 4.02. The summed E-state index contributed by atoms with van der Waals surface area (Å²) in [7, 11) is 0. The Labute approximate surface area is 172 Å². The van der Waals surface area contributed by atoms with Crippen LogP contribution >= 0.6 is 0 Å². The standard InChI is InChI=1S/C24H29NO4/c1-15(2)19-10-9-16(3)13-21(19)29-12-11-25-22-17(4)7-6-8-20(22)24(28,23(25)27)14-18(5)26/h6-10,13,15,28H,11-12,14H2,1-5H3. The van der Waals surface area contributed by atoms with E-state index in [1.807, 2.05) is 26.0 Å². The van der Waals surface area contributed by atoms with Gasteiger partial charge in [-0.15, -0.1) is 0 Å². The highest BCUT2D eigenvalue weighted by molar-refractivity contribution is 6.09. The average Bonchev–Trinajstić information content (AvgIpc) is 2.84. The summed E-state index contributed by atoms with van der Waals surface area (Å²) in [5.41, 5.74) is 2.48. The minimum Gasteiger partial charge on any atom is -0.491 e. The van der Waals surface area contributed by atoms with Gasteiger partial charge in [0, 0.05) is 12.0 Å². The van der Waals surface area contributed by atoms with Crippen molar-refractivity contribution in [3.05, 3.63) is 58.7 Å². The number of rotatable bonds is 7. The number of carbonyl (C=O) groups excluding carboxylic acids is 2. The van der Waals surface area contributed by atoms with E-state index >= 15 is 0 Å². The lowest BCUT2D eigenvalue weighted by Crippen LogP contribution is -2.43. The van der Waals surface area contributed by atoms with Crippen molar-refractivity contribution in [1.82, 2.24) is 0 Å². The third-order valence-corrected chi connectivity index (χ3v) is 5.42. The Bertz CT molecular complexity index is 950. The molecule has 29 heavy (non-hydrogen) atoms. The zero-order valence-corrected chi connectivity index (χ0v) is 17.8. The van der Waals surface area contributed by atoms with E-state index in [1.54, 1.807) is 17.0 Å². The Morgan fingerprint density at radius 3 is 2.59 bits per heavy atom. The Morgan fingerprint density at radius 2 is 1.93 bits per heavy atom. The molecule has 2 aromatic rings. The van der Waals surface area contributed by atoms with Crippen molar-refractivity contribution in [3.8, 4) is 5.75 Å². The van der Waals surface area contributed by atoms with Crippen LogP contribution in [0.3, 0.4) is 0 Å². The summed E-state index contributed by atoms with van der Waals surface area (Å²) in [6.07, 6.45) is -0.227. The number of ether oxygens (including phenoxy) is 1. The molecule has 0 aliphatic carbocycles. The fraction of sp³-hybridized carbons (Fsp3) is 0.417. The monoisotopic (exact) mass is 395 g/mol. The number of ketones is 1. The summed E-state index contributed by atoms with van der Waals surface area (Å²) in [5.74, 6) is 0.444. The first-order valence-electron chi connectivity index (χ1n) is 10.0. The second-order valence-electron chi connectivity index (χ2n) is 8.21. The molecule has 1 unspecified atom stereocenters. The number of amides is 1. The molecule has 1 aliphatic rings. The molecule has 5 heteroatoms. The van der Waals surface area contributed by atoms with E-state index in [1.165, 1.54) is 6.92 Å². The highest BCUT2D eigenvalue weighted by Crippen LogP contribution is 2.44. The molecule has 154 valence electrons. The van der Waals surface area contributed by atoms with Gasteiger partial charge in [0.2, 0.25) is 0 Å². The topological polar surface area (TPSA) is 66.8 Å². The van der Waals surface area contributed by atoms with Crippen LogP contribution in [0.5, 0.6) is 5.75 Å². The van der Waals surface area contributed by atoms with Crippen LogP contribution in [0.15, 0.2) is 36.4 Å². The van der Waals surface area contributed by atoms with Gasteiger partial charge < -0.3 is 14.7 Å². The molecule has 0 spiro atoms. The van der Waals surface area contributed by atoms with Crippen molar-refractivity contribution in [1.29, 1.82) is 0 Å². The van der Waals surface area contributed by atoms with Crippen molar-refractivity contribution >= 4 is 17.4 Å². The Morgan fingerprint density at radius 1 is 1.21 bits per heavy atom. The van der Waals surface area contributed by atoms with Gasteiger partial charge in [-0.05, 0) is 49.4 Å². The Hall–Kier alpha value is -2.66. The molecule has 5 nitrogen and oxygen atoms in total. The molecule has 0 fully saturated rings. The number of aliphatic hydroxyl groups is 1. The predicted molar refractivity (Wildman–Crippen MR) is 113 cm³/mol. The first-order chi connectivity index (χ1) is 13.6. The van der Waals surface area contributed by atoms with Crippen LogP contribution in [0.25, 0.3) is 0 Å². The molecule has 0 bridgehead atoms. The first kappa shape index (κ1) is 21.1. The van der Waals surface area contributed by atoms with E-state index in [2.05, 4.69) is 26.0 Å². The van der Waals surface area contributed by atoms with E-state index in [0.717, 1.165) is 22.4 Å². The van der Waals surface area contributed by atoms with Gasteiger partial charge in [0.05, 0.1) is 12.2 Å². The lowest BCUT2D eigenvalue weighted by atomic mass is 9.89. The van der Waals surface area contributed by atoms with Crippen molar-refractivity contribution in [2.45, 2.75) is 52.6 Å². The van der Waals surface area contributed by atoms with Gasteiger partial charge in [0.15, 0.2) is 5.60 Å². The maximum Gasteiger partial charge on any atom is 0.264 e. The van der Waals surface area contributed by atoms with Gasteiger partial charge in [-0.3, -0.25) is 9.59 Å². The van der Waals surface area contributed by atoms with Gasteiger partial charge >= 0.3 is 0 Å². The second kappa shape index (κ2) is 7.99. The summed E-state index contributed by atoms with van der Waals surface area (Å²) in [6.45, 7) is 10.1. The third-order valence-electron chi connectivity index (χ3n) is 5.42. The quantitative estimate of drug-likeness (QED) is 0.769. The number of hydrogen-bond donors (Lipinski definition) is 1. The maximum absolute atomic E-state index is 13.1. The van der Waals surface area contributed by atoms with Gasteiger partial charge in [-0.1, -0.05) is 44.2 Å². The molecule has 1 amide bonds. The number of benzene rings is 2.